The van der Waals surface area contributed by atoms with Crippen molar-refractivity contribution in [2.45, 2.75) is 12.3 Å². The highest BCUT2D eigenvalue weighted by Gasteiger charge is 2.15. The Labute approximate surface area is 98.0 Å². The third-order valence-electron chi connectivity index (χ3n) is 2.14. The molecule has 4 nitrogen and oxygen atoms in total. The zero-order valence-corrected chi connectivity index (χ0v) is 9.41. The summed E-state index contributed by atoms with van der Waals surface area (Å²) in [6.45, 7) is 0. The number of methoxy groups -OCH3 is 1. The Bertz CT molecular complexity index is 451. The van der Waals surface area contributed by atoms with E-state index in [-0.39, 0.29) is 12.3 Å². The second-order valence-electron chi connectivity index (χ2n) is 3.10. The monoisotopic (exact) mass is 239 g/mol. The Morgan fingerprint density at radius 1 is 1.62 bits per heavy atom. The topological polar surface area (TPSA) is 70.3 Å². The molecule has 1 aromatic rings. The maximum absolute atomic E-state index is 10.6. The van der Waals surface area contributed by atoms with Crippen molar-refractivity contribution in [1.82, 2.24) is 0 Å². The van der Waals surface area contributed by atoms with E-state index in [2.05, 4.69) is 0 Å². The van der Waals surface area contributed by atoms with E-state index in [1.54, 1.807) is 12.1 Å². The fraction of sp³-hybridized carbons (Fsp3) is 0.273. The summed E-state index contributed by atoms with van der Waals surface area (Å²) in [5.41, 5.74) is 1.45. The smallest absolute Gasteiger partial charge is 0.307 e. The molecule has 0 aliphatic rings. The highest BCUT2D eigenvalue weighted by molar-refractivity contribution is 6.17. The van der Waals surface area contributed by atoms with Crippen molar-refractivity contribution < 1.29 is 14.6 Å². The first kappa shape index (κ1) is 12.3. The van der Waals surface area contributed by atoms with Gasteiger partial charge in [0.25, 0.3) is 0 Å². The van der Waals surface area contributed by atoms with Gasteiger partial charge in [-0.3, -0.25) is 4.79 Å². The zero-order valence-electron chi connectivity index (χ0n) is 8.66. The maximum atomic E-state index is 10.6. The molecule has 0 heterocycles. The van der Waals surface area contributed by atoms with E-state index in [1.807, 2.05) is 6.07 Å². The first-order valence-corrected chi connectivity index (χ1v) is 5.04. The van der Waals surface area contributed by atoms with Gasteiger partial charge in [0.2, 0.25) is 0 Å². The fourth-order valence-electron chi connectivity index (χ4n) is 1.47. The number of carbonyl (C=O) groups is 1. The number of alkyl halides is 1. The van der Waals surface area contributed by atoms with Gasteiger partial charge >= 0.3 is 5.97 Å². The molecule has 16 heavy (non-hydrogen) atoms. The summed E-state index contributed by atoms with van der Waals surface area (Å²) in [6, 6.07) is 5.11. The van der Waals surface area contributed by atoms with Gasteiger partial charge < -0.3 is 9.84 Å². The van der Waals surface area contributed by atoms with Crippen LogP contribution in [0.1, 0.15) is 16.7 Å². The molecule has 0 fully saturated rings. The number of nitrogens with zero attached hydrogens (tertiary/aromatic N) is 1. The van der Waals surface area contributed by atoms with Crippen LogP contribution in [0.4, 0.5) is 0 Å². The zero-order chi connectivity index (χ0) is 12.1. The third-order valence-corrected chi connectivity index (χ3v) is 2.41. The lowest BCUT2D eigenvalue weighted by molar-refractivity contribution is -0.136. The summed E-state index contributed by atoms with van der Waals surface area (Å²) < 4.78 is 5.11. The van der Waals surface area contributed by atoms with Crippen LogP contribution in [0.15, 0.2) is 12.1 Å². The van der Waals surface area contributed by atoms with E-state index in [0.29, 0.717) is 22.4 Å². The van der Waals surface area contributed by atoms with Crippen LogP contribution >= 0.6 is 11.6 Å². The molecule has 0 saturated heterocycles. The van der Waals surface area contributed by atoms with E-state index in [1.165, 1.54) is 7.11 Å². The minimum atomic E-state index is -0.955. The molecule has 5 heteroatoms. The summed E-state index contributed by atoms with van der Waals surface area (Å²) in [7, 11) is 1.43. The van der Waals surface area contributed by atoms with Crippen LogP contribution in [0.5, 0.6) is 5.75 Å². The van der Waals surface area contributed by atoms with E-state index in [4.69, 9.17) is 26.7 Å². The molecule has 0 saturated carbocycles. The summed E-state index contributed by atoms with van der Waals surface area (Å²) in [5.74, 6) is -0.459. The molecule has 1 rings (SSSR count). The van der Waals surface area contributed by atoms with Gasteiger partial charge in [-0.25, -0.2) is 0 Å². The van der Waals surface area contributed by atoms with Gasteiger partial charge in [-0.05, 0) is 6.07 Å². The molecule has 0 spiro atoms. The van der Waals surface area contributed by atoms with Gasteiger partial charge in [-0.15, -0.1) is 11.6 Å². The number of carboxylic acid groups (broad SMARTS) is 1. The van der Waals surface area contributed by atoms with Crippen molar-refractivity contribution in [3.63, 3.8) is 0 Å². The highest BCUT2D eigenvalue weighted by atomic mass is 35.5. The number of nitriles is 1. The number of ether oxygens (including phenoxy) is 1. The van der Waals surface area contributed by atoms with Crippen molar-refractivity contribution >= 4 is 17.6 Å². The second kappa shape index (κ2) is 5.38. The van der Waals surface area contributed by atoms with Crippen molar-refractivity contribution in [3.8, 4) is 11.8 Å². The first-order chi connectivity index (χ1) is 7.63. The summed E-state index contributed by atoms with van der Waals surface area (Å²) in [6.07, 6.45) is -0.154. The molecule has 0 amide bonds. The maximum Gasteiger partial charge on any atom is 0.307 e. The van der Waals surface area contributed by atoms with Crippen LogP contribution in [-0.2, 0) is 17.1 Å². The van der Waals surface area contributed by atoms with Crippen molar-refractivity contribution in [1.29, 1.82) is 5.26 Å². The normalized spacial score (nSPS) is 9.56. The molecule has 0 aromatic heterocycles. The predicted molar refractivity (Wildman–Crippen MR) is 58.6 cm³/mol. The number of carboxylic acids is 1. The summed E-state index contributed by atoms with van der Waals surface area (Å²) in [4.78, 5) is 10.6. The van der Waals surface area contributed by atoms with Crippen LogP contribution in [0.25, 0.3) is 0 Å². The first-order valence-electron chi connectivity index (χ1n) is 4.50. The van der Waals surface area contributed by atoms with Gasteiger partial charge in [-0.2, -0.15) is 5.26 Å². The Morgan fingerprint density at radius 2 is 2.31 bits per heavy atom. The predicted octanol–water partition coefficient (Wildman–Crippen LogP) is 1.93. The molecule has 0 atom stereocenters. The Kier molecular flexibility index (Phi) is 4.15. The van der Waals surface area contributed by atoms with Gasteiger partial charge in [0.1, 0.15) is 5.75 Å². The van der Waals surface area contributed by atoms with Crippen molar-refractivity contribution in [3.05, 3.63) is 28.8 Å². The second-order valence-corrected chi connectivity index (χ2v) is 3.37. The standard InChI is InChI=1S/C11H10ClNO3/c1-16-11-7(4-10(14)15)2-3-8(6-13)9(11)5-12/h2-3H,4-5H2,1H3,(H,14,15). The van der Waals surface area contributed by atoms with E-state index in [0.717, 1.165) is 0 Å². The molecular weight excluding hydrogens is 230 g/mol. The Morgan fingerprint density at radius 3 is 2.75 bits per heavy atom. The van der Waals surface area contributed by atoms with Crippen LogP contribution in [0.3, 0.4) is 0 Å². The van der Waals surface area contributed by atoms with Crippen LogP contribution < -0.4 is 4.74 Å². The molecule has 0 unspecified atom stereocenters. The number of rotatable bonds is 4. The van der Waals surface area contributed by atoms with Crippen molar-refractivity contribution in [2.24, 2.45) is 0 Å². The third kappa shape index (κ3) is 2.44. The summed E-state index contributed by atoms with van der Waals surface area (Å²) in [5, 5.41) is 17.6. The lowest BCUT2D eigenvalue weighted by atomic mass is 10.0. The molecule has 0 bridgehead atoms. The SMILES string of the molecule is COc1c(CC(=O)O)ccc(C#N)c1CCl. The lowest BCUT2D eigenvalue weighted by Gasteiger charge is -2.12. The Hall–Kier alpha value is -1.73. The molecule has 1 N–H and O–H groups in total. The molecule has 0 radical (unpaired) electrons. The minimum absolute atomic E-state index is 0.111. The summed E-state index contributed by atoms with van der Waals surface area (Å²) >= 11 is 5.72. The van der Waals surface area contributed by atoms with Crippen LogP contribution in [0.2, 0.25) is 0 Å². The van der Waals surface area contributed by atoms with Crippen LogP contribution in [0, 0.1) is 11.3 Å². The number of aliphatic carboxylic acids is 1. The Balaban J connectivity index is 3.32. The van der Waals surface area contributed by atoms with Gasteiger partial charge in [-0.1, -0.05) is 6.07 Å². The number of hydrogen-bond donors (Lipinski definition) is 1. The fourth-order valence-corrected chi connectivity index (χ4v) is 1.74. The van der Waals surface area contributed by atoms with E-state index >= 15 is 0 Å². The van der Waals surface area contributed by atoms with Crippen molar-refractivity contribution in [2.75, 3.05) is 7.11 Å². The van der Waals surface area contributed by atoms with E-state index < -0.39 is 5.97 Å². The average molecular weight is 240 g/mol. The minimum Gasteiger partial charge on any atom is -0.496 e. The molecular formula is C11H10ClNO3. The van der Waals surface area contributed by atoms with Gasteiger partial charge in [0.15, 0.2) is 0 Å². The number of hydrogen-bond acceptors (Lipinski definition) is 3. The number of halogens is 1. The molecule has 0 aliphatic heterocycles. The van der Waals surface area contributed by atoms with Crippen LogP contribution in [-0.4, -0.2) is 18.2 Å². The highest BCUT2D eigenvalue weighted by Crippen LogP contribution is 2.28. The average Bonchev–Trinajstić information content (AvgIpc) is 2.27. The van der Waals surface area contributed by atoms with Gasteiger partial charge in [0.05, 0.1) is 31.0 Å². The largest absolute Gasteiger partial charge is 0.496 e. The quantitative estimate of drug-likeness (QED) is 0.815. The van der Waals surface area contributed by atoms with E-state index in [9.17, 15) is 4.79 Å². The lowest BCUT2D eigenvalue weighted by Crippen LogP contribution is -2.05. The number of benzene rings is 1. The molecule has 1 aromatic carbocycles. The van der Waals surface area contributed by atoms with Gasteiger partial charge in [0, 0.05) is 11.1 Å². The molecule has 0 aliphatic carbocycles. The molecule has 84 valence electrons.